The third-order valence-electron chi connectivity index (χ3n) is 11.6. The molecular weight excluding hydrogens is 643 g/mol. The highest BCUT2D eigenvalue weighted by molar-refractivity contribution is 6.12. The van der Waals surface area contributed by atoms with E-state index in [9.17, 15) is 0 Å². The van der Waals surface area contributed by atoms with Gasteiger partial charge in [-0.05, 0) is 84.0 Å². The maximum absolute atomic E-state index is 2.49. The lowest BCUT2D eigenvalue weighted by Gasteiger charge is -2.26. The monoisotopic (exact) mass is 685 g/mol. The van der Waals surface area contributed by atoms with Crippen molar-refractivity contribution in [3.05, 3.63) is 163 Å². The fraction of sp³-hybridized carbons (Fsp3) is 0.160. The maximum Gasteiger partial charge on any atom is 0.0541 e. The fourth-order valence-corrected chi connectivity index (χ4v) is 8.83. The highest BCUT2D eigenvalue weighted by Gasteiger charge is 2.24. The fourth-order valence-electron chi connectivity index (χ4n) is 8.83. The van der Waals surface area contributed by atoms with Crippen LogP contribution in [0.15, 0.2) is 158 Å². The van der Waals surface area contributed by atoms with Crippen LogP contribution >= 0.6 is 0 Å². The Balaban J connectivity index is 1.30. The third-order valence-corrected chi connectivity index (χ3v) is 11.6. The Hall–Kier alpha value is -6.06. The third kappa shape index (κ3) is 4.94. The molecule has 0 amide bonds. The lowest BCUT2D eigenvalue weighted by atomic mass is 9.78. The average Bonchev–Trinajstić information content (AvgIpc) is 3.83. The van der Waals surface area contributed by atoms with E-state index in [1.165, 1.54) is 77.4 Å². The number of benzene rings is 7. The van der Waals surface area contributed by atoms with Gasteiger partial charge in [-0.25, -0.2) is 0 Å². The Morgan fingerprint density at radius 1 is 0.396 bits per heavy atom. The van der Waals surface area contributed by atoms with Gasteiger partial charge < -0.3 is 13.7 Å². The molecule has 10 rings (SSSR count). The number of fused-ring (bicyclic) bond motifs is 9. The van der Waals surface area contributed by atoms with E-state index in [4.69, 9.17) is 0 Å². The quantitative estimate of drug-likeness (QED) is 0.159. The van der Waals surface area contributed by atoms with Crippen LogP contribution in [0.3, 0.4) is 0 Å². The van der Waals surface area contributed by atoms with Gasteiger partial charge >= 0.3 is 0 Å². The first-order valence-electron chi connectivity index (χ1n) is 19.0. The highest BCUT2D eigenvalue weighted by Crippen LogP contribution is 2.40. The zero-order chi connectivity index (χ0) is 35.8. The van der Waals surface area contributed by atoms with Crippen LogP contribution in [-0.4, -0.2) is 13.7 Å². The van der Waals surface area contributed by atoms with Gasteiger partial charge in [0.15, 0.2) is 0 Å². The molecule has 0 bridgehead atoms. The molecule has 0 saturated heterocycles. The lowest BCUT2D eigenvalue weighted by molar-refractivity contribution is 0.415. The molecule has 0 spiro atoms. The van der Waals surface area contributed by atoms with E-state index in [1.54, 1.807) is 0 Å². The van der Waals surface area contributed by atoms with Crippen molar-refractivity contribution < 1.29 is 0 Å². The van der Waals surface area contributed by atoms with Crippen molar-refractivity contribution in [2.75, 3.05) is 0 Å². The van der Waals surface area contributed by atoms with Crippen LogP contribution < -0.4 is 0 Å². The molecule has 0 aliphatic carbocycles. The summed E-state index contributed by atoms with van der Waals surface area (Å²) >= 11 is 0. The molecule has 0 aliphatic rings. The molecule has 3 nitrogen and oxygen atoms in total. The lowest BCUT2D eigenvalue weighted by Crippen LogP contribution is -2.17. The summed E-state index contributed by atoms with van der Waals surface area (Å²) in [6, 6.07) is 58.6. The van der Waals surface area contributed by atoms with E-state index in [0.717, 1.165) is 23.5 Å². The second-order valence-electron chi connectivity index (χ2n) is 15.8. The standard InChI is InChI=1S/C50H43N3/c1-33(2)27-28-50(3,4)34-25-26-49-43(29-34)42-19-9-14-24-48(42)53(49)37-31-35(51-44-20-10-5-15-38(44)39-16-6-11-21-45(39)51)30-36(32-37)52-46-22-12-7-17-40(46)41-18-8-13-23-47(41)52/h5-26,29-33H,27-28H2,1-4H3. The molecule has 7 aromatic carbocycles. The minimum absolute atomic E-state index is 0.0851. The second kappa shape index (κ2) is 12.0. The first-order valence-corrected chi connectivity index (χ1v) is 19.0. The van der Waals surface area contributed by atoms with Gasteiger partial charge in [-0.2, -0.15) is 0 Å². The van der Waals surface area contributed by atoms with E-state index in [2.05, 4.69) is 199 Å². The number of para-hydroxylation sites is 5. The van der Waals surface area contributed by atoms with Gasteiger partial charge in [-0.15, -0.1) is 0 Å². The predicted molar refractivity (Wildman–Crippen MR) is 227 cm³/mol. The van der Waals surface area contributed by atoms with Crippen molar-refractivity contribution in [3.8, 4) is 17.1 Å². The van der Waals surface area contributed by atoms with Crippen LogP contribution in [0, 0.1) is 5.92 Å². The molecule has 0 saturated carbocycles. The number of nitrogens with zero attached hydrogens (tertiary/aromatic N) is 3. The highest BCUT2D eigenvalue weighted by atomic mass is 15.0. The van der Waals surface area contributed by atoms with Gasteiger partial charge in [0.1, 0.15) is 0 Å². The minimum Gasteiger partial charge on any atom is -0.309 e. The summed E-state index contributed by atoms with van der Waals surface area (Å²) in [5.41, 5.74) is 12.1. The topological polar surface area (TPSA) is 14.8 Å². The summed E-state index contributed by atoms with van der Waals surface area (Å²) in [5.74, 6) is 0.686. The summed E-state index contributed by atoms with van der Waals surface area (Å²) in [4.78, 5) is 0. The van der Waals surface area contributed by atoms with Crippen LogP contribution in [-0.2, 0) is 5.41 Å². The summed E-state index contributed by atoms with van der Waals surface area (Å²) < 4.78 is 7.40. The molecule has 3 aromatic heterocycles. The van der Waals surface area contributed by atoms with Crippen LogP contribution in [0.25, 0.3) is 82.5 Å². The van der Waals surface area contributed by atoms with Crippen LogP contribution in [0.4, 0.5) is 0 Å². The van der Waals surface area contributed by atoms with Gasteiger partial charge in [0.2, 0.25) is 0 Å². The van der Waals surface area contributed by atoms with Crippen molar-refractivity contribution in [1.82, 2.24) is 13.7 Å². The number of aromatic nitrogens is 3. The Kier molecular flexibility index (Phi) is 7.17. The molecule has 0 N–H and O–H groups in total. The maximum atomic E-state index is 2.49. The van der Waals surface area contributed by atoms with E-state index < -0.39 is 0 Å². The molecule has 0 unspecified atom stereocenters. The van der Waals surface area contributed by atoms with E-state index in [0.29, 0.717) is 5.92 Å². The molecule has 3 heteroatoms. The molecule has 258 valence electrons. The van der Waals surface area contributed by atoms with Crippen molar-refractivity contribution in [1.29, 1.82) is 0 Å². The predicted octanol–water partition coefficient (Wildman–Crippen LogP) is 13.7. The van der Waals surface area contributed by atoms with Crippen LogP contribution in [0.5, 0.6) is 0 Å². The normalized spacial score (nSPS) is 12.5. The summed E-state index contributed by atoms with van der Waals surface area (Å²) in [6.45, 7) is 9.47. The van der Waals surface area contributed by atoms with Crippen LogP contribution in [0.2, 0.25) is 0 Å². The smallest absolute Gasteiger partial charge is 0.0541 e. The number of rotatable bonds is 7. The Bertz CT molecular complexity index is 2780. The summed E-state index contributed by atoms with van der Waals surface area (Å²) in [6.07, 6.45) is 2.38. The van der Waals surface area contributed by atoms with Gasteiger partial charge in [-0.1, -0.05) is 131 Å². The van der Waals surface area contributed by atoms with Crippen molar-refractivity contribution in [2.45, 2.75) is 46.0 Å². The number of hydrogen-bond donors (Lipinski definition) is 0. The van der Waals surface area contributed by atoms with Gasteiger partial charge in [0, 0.05) is 32.3 Å². The van der Waals surface area contributed by atoms with E-state index in [1.807, 2.05) is 0 Å². The molecular formula is C50H43N3. The molecule has 53 heavy (non-hydrogen) atoms. The molecule has 0 atom stereocenters. The summed E-state index contributed by atoms with van der Waals surface area (Å²) in [7, 11) is 0. The molecule has 0 aliphatic heterocycles. The van der Waals surface area contributed by atoms with Crippen molar-refractivity contribution in [2.24, 2.45) is 5.92 Å². The molecule has 0 radical (unpaired) electrons. The largest absolute Gasteiger partial charge is 0.309 e. The first-order chi connectivity index (χ1) is 25.9. The Morgan fingerprint density at radius 2 is 0.717 bits per heavy atom. The Labute approximate surface area is 310 Å². The zero-order valence-corrected chi connectivity index (χ0v) is 30.8. The second-order valence-corrected chi connectivity index (χ2v) is 15.8. The van der Waals surface area contributed by atoms with Crippen molar-refractivity contribution in [3.63, 3.8) is 0 Å². The summed E-state index contributed by atoms with van der Waals surface area (Å²) in [5, 5.41) is 7.63. The van der Waals surface area contributed by atoms with Gasteiger partial charge in [0.05, 0.1) is 50.2 Å². The molecule has 10 aromatic rings. The van der Waals surface area contributed by atoms with Crippen molar-refractivity contribution >= 4 is 65.4 Å². The average molecular weight is 686 g/mol. The van der Waals surface area contributed by atoms with Gasteiger partial charge in [0.25, 0.3) is 0 Å². The van der Waals surface area contributed by atoms with Gasteiger partial charge in [-0.3, -0.25) is 0 Å². The SMILES string of the molecule is CC(C)CCC(C)(C)c1ccc2c(c1)c1ccccc1n2-c1cc(-n2c3ccccc3c3ccccc32)cc(-n2c3ccccc3c3ccccc32)c1. The van der Waals surface area contributed by atoms with E-state index in [-0.39, 0.29) is 5.41 Å². The van der Waals surface area contributed by atoms with E-state index >= 15 is 0 Å². The molecule has 3 heterocycles. The Morgan fingerprint density at radius 3 is 1.08 bits per heavy atom. The molecule has 0 fully saturated rings. The zero-order valence-electron chi connectivity index (χ0n) is 30.8. The van der Waals surface area contributed by atoms with Crippen LogP contribution in [0.1, 0.15) is 46.1 Å². The number of hydrogen-bond acceptors (Lipinski definition) is 0. The minimum atomic E-state index is 0.0851. The first kappa shape index (κ1) is 31.7.